The van der Waals surface area contributed by atoms with Gasteiger partial charge in [-0.2, -0.15) is 5.26 Å². The van der Waals surface area contributed by atoms with Gasteiger partial charge in [-0.25, -0.2) is 15.0 Å². The van der Waals surface area contributed by atoms with E-state index >= 15 is 0 Å². The number of rotatable bonds is 9. The maximum Gasteiger partial charge on any atom is 0.247 e. The van der Waals surface area contributed by atoms with E-state index in [0.29, 0.717) is 40.9 Å². The van der Waals surface area contributed by atoms with Crippen LogP contribution in [0.4, 0.5) is 28.7 Å². The van der Waals surface area contributed by atoms with E-state index in [4.69, 9.17) is 14.8 Å². The van der Waals surface area contributed by atoms with Gasteiger partial charge >= 0.3 is 0 Å². The number of anilines is 5. The van der Waals surface area contributed by atoms with Gasteiger partial charge in [0.2, 0.25) is 5.91 Å². The Kier molecular flexibility index (Phi) is 9.10. The second-order valence-electron chi connectivity index (χ2n) is 11.2. The molecule has 0 aliphatic carbocycles. The molecule has 1 atom stereocenters. The van der Waals surface area contributed by atoms with Crippen molar-refractivity contribution in [3.8, 4) is 22.9 Å². The number of nitriles is 1. The van der Waals surface area contributed by atoms with E-state index < -0.39 is 0 Å². The van der Waals surface area contributed by atoms with Gasteiger partial charge in [0.25, 0.3) is 0 Å². The van der Waals surface area contributed by atoms with Gasteiger partial charge < -0.3 is 25.2 Å². The lowest BCUT2D eigenvalue weighted by Crippen LogP contribution is -2.44. The number of aromatic nitrogens is 2. The van der Waals surface area contributed by atoms with E-state index in [9.17, 15) is 4.79 Å². The predicted octanol–water partition coefficient (Wildman–Crippen LogP) is 5.53. The van der Waals surface area contributed by atoms with Crippen molar-refractivity contribution in [2.75, 3.05) is 67.5 Å². The Morgan fingerprint density at radius 3 is 2.59 bits per heavy atom. The lowest BCUT2D eigenvalue weighted by atomic mass is 9.97. The molecule has 11 heteroatoms. The second-order valence-corrected chi connectivity index (χ2v) is 11.2. The van der Waals surface area contributed by atoms with E-state index in [1.54, 1.807) is 7.11 Å². The Morgan fingerprint density at radius 1 is 1.04 bits per heavy atom. The lowest BCUT2D eigenvalue weighted by Gasteiger charge is -2.35. The summed E-state index contributed by atoms with van der Waals surface area (Å²) in [4.78, 5) is 32.0. The average Bonchev–Trinajstić information content (AvgIpc) is 3.59. The molecule has 2 saturated heterocycles. The number of piperazine rings is 1. The van der Waals surface area contributed by atoms with Gasteiger partial charge in [0.1, 0.15) is 17.9 Å². The third-order valence-corrected chi connectivity index (χ3v) is 8.27. The van der Waals surface area contributed by atoms with Crippen LogP contribution in [0.1, 0.15) is 23.6 Å². The van der Waals surface area contributed by atoms with Gasteiger partial charge in [-0.05, 0) is 54.1 Å². The largest absolute Gasteiger partial charge is 0.494 e. The van der Waals surface area contributed by atoms with Crippen LogP contribution in [0.25, 0.3) is 11.1 Å². The number of carbonyl (C=O) groups excluding carboxylic acids is 1. The van der Waals surface area contributed by atoms with Crippen molar-refractivity contribution in [3.05, 3.63) is 96.8 Å². The zero-order chi connectivity index (χ0) is 32.0. The molecule has 3 heterocycles. The van der Waals surface area contributed by atoms with E-state index in [1.807, 2.05) is 53.6 Å². The number of hydrogen-bond donors (Lipinski definition) is 2. The van der Waals surface area contributed by atoms with Crippen LogP contribution in [0, 0.1) is 11.3 Å². The van der Waals surface area contributed by atoms with Crippen LogP contribution < -0.4 is 25.3 Å². The summed E-state index contributed by atoms with van der Waals surface area (Å²) in [6.45, 7) is 7.65. The third kappa shape index (κ3) is 6.63. The molecule has 3 aromatic carbocycles. The fourth-order valence-electron chi connectivity index (χ4n) is 5.76. The van der Waals surface area contributed by atoms with Crippen molar-refractivity contribution in [2.45, 2.75) is 12.5 Å². The van der Waals surface area contributed by atoms with Crippen LogP contribution in [0.2, 0.25) is 0 Å². The third-order valence-electron chi connectivity index (χ3n) is 8.27. The minimum atomic E-state index is -0.295. The molecule has 11 nitrogen and oxygen atoms in total. The highest BCUT2D eigenvalue weighted by molar-refractivity contribution is 6.02. The fourth-order valence-corrected chi connectivity index (χ4v) is 5.76. The number of benzene rings is 3. The van der Waals surface area contributed by atoms with Crippen molar-refractivity contribution in [1.29, 1.82) is 5.26 Å². The number of nitrogens with zero attached hydrogens (tertiary/aromatic N) is 6. The van der Waals surface area contributed by atoms with Crippen molar-refractivity contribution in [3.63, 3.8) is 0 Å². The van der Waals surface area contributed by atoms with Crippen LogP contribution in [0.5, 0.6) is 5.75 Å². The fraction of sp³-hybridized carbons (Fsp3) is 0.257. The minimum absolute atomic E-state index is 0.0563. The van der Waals surface area contributed by atoms with Crippen LogP contribution in [0.15, 0.2) is 85.7 Å². The summed E-state index contributed by atoms with van der Waals surface area (Å²) in [6, 6.07) is 23.7. The molecule has 0 radical (unpaired) electrons. The maximum atomic E-state index is 12.4. The van der Waals surface area contributed by atoms with E-state index in [1.165, 1.54) is 12.4 Å². The molecule has 2 fully saturated rings. The zero-order valence-electron chi connectivity index (χ0n) is 25.9. The number of likely N-dealkylation sites (N-methyl/N-ethyl adjacent to an activating group) is 1. The molecule has 234 valence electrons. The van der Waals surface area contributed by atoms with E-state index in [0.717, 1.165) is 55.0 Å². The van der Waals surface area contributed by atoms with Crippen molar-refractivity contribution in [1.82, 2.24) is 14.9 Å². The average molecular weight is 617 g/mol. The van der Waals surface area contributed by atoms with Crippen LogP contribution in [-0.4, -0.2) is 67.7 Å². The Morgan fingerprint density at radius 2 is 1.85 bits per heavy atom. The molecule has 1 amide bonds. The summed E-state index contributed by atoms with van der Waals surface area (Å²) in [5, 5.41) is 17.3. The van der Waals surface area contributed by atoms with Crippen molar-refractivity contribution >= 4 is 34.6 Å². The molecule has 4 aromatic rings. The monoisotopic (exact) mass is 616 g/mol. The zero-order valence-corrected chi connectivity index (χ0v) is 25.9. The van der Waals surface area contributed by atoms with Crippen LogP contribution in [-0.2, 0) is 9.63 Å². The number of carbonyl (C=O) groups is 1. The van der Waals surface area contributed by atoms with Gasteiger partial charge in [0.15, 0.2) is 5.82 Å². The van der Waals surface area contributed by atoms with Gasteiger partial charge in [-0.15, -0.1) is 0 Å². The smallest absolute Gasteiger partial charge is 0.247 e. The lowest BCUT2D eigenvalue weighted by molar-refractivity contribution is -0.111. The molecule has 0 saturated carbocycles. The first-order valence-corrected chi connectivity index (χ1v) is 15.2. The molecule has 46 heavy (non-hydrogen) atoms. The van der Waals surface area contributed by atoms with E-state index in [-0.39, 0.29) is 11.9 Å². The number of methoxy groups -OCH3 is 1. The van der Waals surface area contributed by atoms with Crippen molar-refractivity contribution in [2.24, 2.45) is 0 Å². The van der Waals surface area contributed by atoms with Crippen LogP contribution in [0.3, 0.4) is 0 Å². The number of hydroxylamine groups is 1. The molecular formula is C35H36N8O3. The molecule has 2 aliphatic heterocycles. The molecule has 2 aliphatic rings. The SMILES string of the molecule is C=CC(=O)Nc1cc(Nc2cc(N3OCC[C@@H]3c3cccc(-c4ccc(C#N)cc4)c3)ncn2)c(OC)cc1N1CCN(C)CC1. The highest BCUT2D eigenvalue weighted by atomic mass is 16.7. The van der Waals surface area contributed by atoms with Crippen molar-refractivity contribution < 1.29 is 14.4 Å². The minimum Gasteiger partial charge on any atom is -0.494 e. The summed E-state index contributed by atoms with van der Waals surface area (Å²) in [5.74, 6) is 1.46. The quantitative estimate of drug-likeness (QED) is 0.233. The standard InChI is InChI=1S/C35H36N8O3/c1-4-35(44)40-28-19-29(32(45-3)20-31(28)42-15-13-41(2)14-16-42)39-33-21-34(38-23-37-33)43-30(12-17-46-43)27-7-5-6-26(18-27)25-10-8-24(22-36)9-11-25/h4-11,18-21,23,30H,1,12-17H2,2-3H3,(H,40,44)(H,37,38,39)/t30-/m1/s1. The topological polar surface area (TPSA) is 119 Å². The van der Waals surface area contributed by atoms with Gasteiger partial charge in [0, 0.05) is 44.7 Å². The first-order valence-electron chi connectivity index (χ1n) is 15.2. The molecule has 0 unspecified atom stereocenters. The normalized spacial score (nSPS) is 16.5. The summed E-state index contributed by atoms with van der Waals surface area (Å²) in [7, 11) is 3.72. The van der Waals surface area contributed by atoms with Crippen LogP contribution >= 0.6 is 0 Å². The summed E-state index contributed by atoms with van der Waals surface area (Å²) >= 11 is 0. The first-order chi connectivity index (χ1) is 22.4. The van der Waals surface area contributed by atoms with E-state index in [2.05, 4.69) is 68.3 Å². The first kappa shape index (κ1) is 30.6. The highest BCUT2D eigenvalue weighted by Crippen LogP contribution is 2.40. The predicted molar refractivity (Wildman–Crippen MR) is 179 cm³/mol. The molecule has 0 bridgehead atoms. The number of ether oxygens (including phenoxy) is 1. The van der Waals surface area contributed by atoms with Gasteiger partial charge in [-0.3, -0.25) is 9.63 Å². The Labute approximate surface area is 268 Å². The summed E-state index contributed by atoms with van der Waals surface area (Å²) < 4.78 is 5.80. The molecule has 6 rings (SSSR count). The Balaban J connectivity index is 1.26. The number of nitrogens with one attached hydrogen (secondary N) is 2. The Hall–Kier alpha value is -5.44. The summed E-state index contributed by atoms with van der Waals surface area (Å²) in [6.07, 6.45) is 3.54. The van der Waals surface area contributed by atoms with Gasteiger partial charge in [0.05, 0.1) is 48.5 Å². The molecule has 2 N–H and O–H groups in total. The molecular weight excluding hydrogens is 580 g/mol. The molecule has 0 spiro atoms. The second kappa shape index (κ2) is 13.7. The Bertz CT molecular complexity index is 1760. The summed E-state index contributed by atoms with van der Waals surface area (Å²) in [5.41, 5.74) is 5.99. The molecule has 1 aromatic heterocycles. The highest BCUT2D eigenvalue weighted by Gasteiger charge is 2.30. The van der Waals surface area contributed by atoms with Gasteiger partial charge in [-0.1, -0.05) is 36.9 Å². The number of hydrogen-bond acceptors (Lipinski definition) is 10. The number of amides is 1. The maximum absolute atomic E-state index is 12.4.